The first kappa shape index (κ1) is 26.4. The molecule has 1 amide bonds. The molecule has 33 heavy (non-hydrogen) atoms. The average Bonchev–Trinajstić information content (AvgIpc) is 2.81. The summed E-state index contributed by atoms with van der Waals surface area (Å²) < 4.78 is 5.79. The molecule has 0 radical (unpaired) electrons. The lowest BCUT2D eigenvalue weighted by Crippen LogP contribution is -3.03. The molecule has 0 spiro atoms. The highest BCUT2D eigenvalue weighted by Crippen LogP contribution is 2.17. The monoisotopic (exact) mass is 454 g/mol. The van der Waals surface area contributed by atoms with E-state index < -0.39 is 17.7 Å². The number of nitrogens with two attached hydrogens (primary N) is 3. The Balaban J connectivity index is 1.81. The van der Waals surface area contributed by atoms with Gasteiger partial charge in [0.25, 0.3) is 0 Å². The highest BCUT2D eigenvalue weighted by Gasteiger charge is 2.28. The van der Waals surface area contributed by atoms with Crippen LogP contribution in [0.25, 0.3) is 0 Å². The Hall–Kier alpha value is -2.84. The van der Waals surface area contributed by atoms with Crippen LogP contribution in [-0.4, -0.2) is 36.8 Å². The molecule has 9 N–H and O–H groups in total. The molecule has 0 aliphatic carbocycles. The summed E-state index contributed by atoms with van der Waals surface area (Å²) >= 11 is 0. The van der Waals surface area contributed by atoms with Crippen LogP contribution in [-0.2, 0) is 16.1 Å². The number of quaternary nitrogens is 1. The maximum absolute atomic E-state index is 12.4. The van der Waals surface area contributed by atoms with Gasteiger partial charge in [0, 0.05) is 6.54 Å². The van der Waals surface area contributed by atoms with Gasteiger partial charge in [0.05, 0.1) is 36.8 Å². The summed E-state index contributed by atoms with van der Waals surface area (Å²) in [5, 5.41) is 12.3. The van der Waals surface area contributed by atoms with Gasteiger partial charge in [-0.2, -0.15) is 16.2 Å². The number of nitrogens with zero attached hydrogens (tertiary/aromatic N) is 1. The lowest BCUT2D eigenvalue weighted by molar-refractivity contribution is -0.767. The summed E-state index contributed by atoms with van der Waals surface area (Å²) in [6, 6.07) is 21.3. The summed E-state index contributed by atoms with van der Waals surface area (Å²) in [5.41, 5.74) is 21.0. The number of amides is 1. The molecule has 0 saturated carbocycles. The van der Waals surface area contributed by atoms with Gasteiger partial charge in [0.2, 0.25) is 5.91 Å². The largest absolute Gasteiger partial charge is 0.375 e. The lowest BCUT2D eigenvalue weighted by atomic mass is 9.97. The molecule has 9 nitrogen and oxygen atoms in total. The summed E-state index contributed by atoms with van der Waals surface area (Å²) in [6.45, 7) is 4.47. The van der Waals surface area contributed by atoms with Gasteiger partial charge in [-0.3, -0.25) is 4.79 Å². The minimum Gasteiger partial charge on any atom is -0.375 e. The van der Waals surface area contributed by atoms with Crippen molar-refractivity contribution in [2.45, 2.75) is 50.5 Å². The van der Waals surface area contributed by atoms with E-state index in [1.807, 2.05) is 60.7 Å². The number of nitrogens with one attached hydrogen (secondary N) is 3. The van der Waals surface area contributed by atoms with Crippen molar-refractivity contribution >= 4 is 5.91 Å². The van der Waals surface area contributed by atoms with Crippen molar-refractivity contribution in [3.05, 3.63) is 71.8 Å². The fraction of sp³-hybridized carbons (Fsp3) is 0.417. The van der Waals surface area contributed by atoms with Crippen molar-refractivity contribution in [2.24, 2.45) is 11.5 Å². The highest BCUT2D eigenvalue weighted by atomic mass is 16.5. The number of nitriles is 1. The van der Waals surface area contributed by atoms with E-state index in [2.05, 4.69) is 22.2 Å². The molecular formula is C24H36N7O2+. The smallest absolute Gasteiger partial charge is 0.239 e. The molecule has 0 aliphatic rings. The van der Waals surface area contributed by atoms with E-state index in [0.29, 0.717) is 19.6 Å². The van der Waals surface area contributed by atoms with E-state index >= 15 is 0 Å². The Bertz CT molecular complexity index is 866. The van der Waals surface area contributed by atoms with Crippen LogP contribution in [0.5, 0.6) is 0 Å². The number of carbonyl (C=O) groups is 1. The van der Waals surface area contributed by atoms with Gasteiger partial charge in [-0.25, -0.2) is 0 Å². The maximum Gasteiger partial charge on any atom is 0.239 e. The van der Waals surface area contributed by atoms with Gasteiger partial charge in [-0.1, -0.05) is 60.7 Å². The molecule has 0 aliphatic heterocycles. The van der Waals surface area contributed by atoms with Crippen LogP contribution in [0.4, 0.5) is 0 Å². The van der Waals surface area contributed by atoms with Crippen molar-refractivity contribution in [3.8, 4) is 6.07 Å². The van der Waals surface area contributed by atoms with Crippen LogP contribution in [0.15, 0.2) is 60.7 Å². The van der Waals surface area contributed by atoms with Crippen LogP contribution in [0.3, 0.4) is 0 Å². The number of hydrogen-bond donors (Lipinski definition) is 6. The van der Waals surface area contributed by atoms with Gasteiger partial charge < -0.3 is 21.5 Å². The molecule has 178 valence electrons. The number of benzene rings is 2. The first-order valence-corrected chi connectivity index (χ1v) is 11.0. The van der Waals surface area contributed by atoms with Crippen molar-refractivity contribution in [1.29, 1.82) is 5.26 Å². The Labute approximate surface area is 195 Å². The van der Waals surface area contributed by atoms with Crippen LogP contribution >= 0.6 is 0 Å². The molecule has 0 saturated heterocycles. The third-order valence-electron chi connectivity index (χ3n) is 5.06. The zero-order valence-corrected chi connectivity index (χ0v) is 19.3. The van der Waals surface area contributed by atoms with Gasteiger partial charge in [0.1, 0.15) is 6.17 Å². The molecule has 9 heteroatoms. The molecule has 0 fully saturated rings. The molecule has 2 aromatic carbocycles. The summed E-state index contributed by atoms with van der Waals surface area (Å²) in [6.07, 6.45) is 0.0378. The fourth-order valence-corrected chi connectivity index (χ4v) is 3.03. The Kier molecular flexibility index (Phi) is 10.9. The van der Waals surface area contributed by atoms with Crippen molar-refractivity contribution < 1.29 is 15.1 Å². The standard InChI is InChI=1S/C24H35N7O2/c1-24(2,27)23(32)29-21(17-33-16-18-9-5-3-6-10-18)22(26)30-31-28-14-13-20(15-25)19-11-7-4-8-12-19/h3-12,20-22,28,30-31H,13-14,16-17,26-27H2,1-2H3,(H,29,32)/p+1/t20?,21-,22?/m1/s1. The minimum absolute atomic E-state index is 0.189. The quantitative estimate of drug-likeness (QED) is 0.101. The lowest BCUT2D eigenvalue weighted by Gasteiger charge is -2.27. The molecule has 0 aromatic heterocycles. The second-order valence-corrected chi connectivity index (χ2v) is 8.47. The topological polar surface area (TPSA) is 155 Å². The van der Waals surface area contributed by atoms with Gasteiger partial charge in [-0.05, 0) is 31.4 Å². The van der Waals surface area contributed by atoms with E-state index in [9.17, 15) is 10.1 Å². The number of carbonyl (C=O) groups excluding carboxylic acids is 1. The Morgan fingerprint density at radius 2 is 1.79 bits per heavy atom. The number of rotatable bonds is 14. The van der Waals surface area contributed by atoms with Crippen LogP contribution in [0, 0.1) is 11.3 Å². The van der Waals surface area contributed by atoms with E-state index in [1.54, 1.807) is 19.4 Å². The normalized spacial score (nSPS) is 14.2. The SMILES string of the molecule is CC(C)(N)C(=O)N[C@H](COCc1ccccc1)C(N)N[NH2+]NCCC(C#N)c1ccccc1. The Morgan fingerprint density at radius 3 is 2.39 bits per heavy atom. The van der Waals surface area contributed by atoms with E-state index in [-0.39, 0.29) is 18.4 Å². The fourth-order valence-electron chi connectivity index (χ4n) is 3.03. The van der Waals surface area contributed by atoms with Gasteiger partial charge in [-0.15, -0.1) is 5.43 Å². The predicted molar refractivity (Wildman–Crippen MR) is 127 cm³/mol. The first-order chi connectivity index (χ1) is 15.8. The third-order valence-corrected chi connectivity index (χ3v) is 5.06. The molecular weight excluding hydrogens is 418 g/mol. The molecule has 3 atom stereocenters. The average molecular weight is 455 g/mol. The van der Waals surface area contributed by atoms with E-state index in [0.717, 1.165) is 11.1 Å². The number of hydrogen-bond acceptors (Lipinski definition) is 7. The zero-order valence-electron chi connectivity index (χ0n) is 19.3. The van der Waals surface area contributed by atoms with Crippen LogP contribution < -0.4 is 33.2 Å². The summed E-state index contributed by atoms with van der Waals surface area (Å²) in [5.74, 6) is -0.508. The second kappa shape index (κ2) is 13.6. The predicted octanol–water partition coefficient (Wildman–Crippen LogP) is -0.0198. The zero-order chi connectivity index (χ0) is 24.1. The molecule has 2 rings (SSSR count). The van der Waals surface area contributed by atoms with Crippen molar-refractivity contribution in [3.63, 3.8) is 0 Å². The molecule has 2 unspecified atom stereocenters. The molecule has 0 heterocycles. The van der Waals surface area contributed by atoms with E-state index in [1.165, 1.54) is 0 Å². The van der Waals surface area contributed by atoms with Crippen molar-refractivity contribution in [1.82, 2.24) is 16.2 Å². The van der Waals surface area contributed by atoms with Gasteiger partial charge >= 0.3 is 0 Å². The Morgan fingerprint density at radius 1 is 1.15 bits per heavy atom. The third kappa shape index (κ3) is 9.67. The second-order valence-electron chi connectivity index (χ2n) is 8.47. The molecule has 0 bridgehead atoms. The van der Waals surface area contributed by atoms with E-state index in [4.69, 9.17) is 16.2 Å². The van der Waals surface area contributed by atoms with Crippen molar-refractivity contribution in [2.75, 3.05) is 13.2 Å². The summed E-state index contributed by atoms with van der Waals surface area (Å²) in [7, 11) is 0. The first-order valence-electron chi connectivity index (χ1n) is 11.0. The summed E-state index contributed by atoms with van der Waals surface area (Å²) in [4.78, 5) is 12.4. The number of ether oxygens (including phenoxy) is 1. The molecule has 2 aromatic rings. The maximum atomic E-state index is 12.4. The van der Waals surface area contributed by atoms with Crippen LogP contribution in [0.2, 0.25) is 0 Å². The van der Waals surface area contributed by atoms with Crippen LogP contribution in [0.1, 0.15) is 37.3 Å². The minimum atomic E-state index is -1.04. The highest BCUT2D eigenvalue weighted by molar-refractivity contribution is 5.85. The van der Waals surface area contributed by atoms with Gasteiger partial charge in [0.15, 0.2) is 0 Å².